The lowest BCUT2D eigenvalue weighted by Crippen LogP contribution is -2.31. The first kappa shape index (κ1) is 16.0. The number of nitrogens with two attached hydrogens (primary N) is 2. The predicted molar refractivity (Wildman–Crippen MR) is 88.7 cm³/mol. The van der Waals surface area contributed by atoms with Crippen LogP contribution in [0, 0.1) is 5.92 Å². The van der Waals surface area contributed by atoms with Gasteiger partial charge in [0.05, 0.1) is 16.3 Å². The first-order valence-corrected chi connectivity index (χ1v) is 8.06. The second-order valence-corrected chi connectivity index (χ2v) is 6.25. The molecule has 1 amide bonds. The van der Waals surface area contributed by atoms with Crippen molar-refractivity contribution in [2.45, 2.75) is 51.5 Å². The lowest BCUT2D eigenvalue weighted by molar-refractivity contribution is 0.100. The van der Waals surface area contributed by atoms with Crippen LogP contribution in [0.25, 0.3) is 0 Å². The van der Waals surface area contributed by atoms with Crippen molar-refractivity contribution in [1.82, 2.24) is 0 Å². The zero-order valence-corrected chi connectivity index (χ0v) is 13.2. The molecular formula is C16H24ClN3O. The number of halogens is 1. The van der Waals surface area contributed by atoms with Gasteiger partial charge in [0.15, 0.2) is 0 Å². The van der Waals surface area contributed by atoms with Crippen LogP contribution >= 0.6 is 11.6 Å². The summed E-state index contributed by atoms with van der Waals surface area (Å²) in [4.78, 5) is 11.6. The molecule has 21 heavy (non-hydrogen) atoms. The molecule has 1 aromatic rings. The SMILES string of the molecule is CCC(Nc1c(Cl)cc(N)cc1C(N)=O)C1CCCCC1. The van der Waals surface area contributed by atoms with Gasteiger partial charge < -0.3 is 16.8 Å². The lowest BCUT2D eigenvalue weighted by Gasteiger charge is -2.31. The fourth-order valence-corrected chi connectivity index (χ4v) is 3.53. The van der Waals surface area contributed by atoms with E-state index in [2.05, 4.69) is 12.2 Å². The van der Waals surface area contributed by atoms with Gasteiger partial charge in [-0.2, -0.15) is 0 Å². The number of hydrogen-bond donors (Lipinski definition) is 3. The van der Waals surface area contributed by atoms with Gasteiger partial charge in [0.2, 0.25) is 0 Å². The van der Waals surface area contributed by atoms with Gasteiger partial charge in [0, 0.05) is 11.7 Å². The van der Waals surface area contributed by atoms with Gasteiger partial charge in [-0.15, -0.1) is 0 Å². The highest BCUT2D eigenvalue weighted by Gasteiger charge is 2.24. The van der Waals surface area contributed by atoms with Crippen LogP contribution in [0.2, 0.25) is 5.02 Å². The number of primary amides is 1. The molecule has 0 bridgehead atoms. The van der Waals surface area contributed by atoms with Gasteiger partial charge in [-0.05, 0) is 37.3 Å². The lowest BCUT2D eigenvalue weighted by atomic mass is 9.82. The van der Waals surface area contributed by atoms with Gasteiger partial charge in [-0.25, -0.2) is 0 Å². The topological polar surface area (TPSA) is 81.1 Å². The van der Waals surface area contributed by atoms with Gasteiger partial charge in [0.1, 0.15) is 0 Å². The summed E-state index contributed by atoms with van der Waals surface area (Å²) in [5.41, 5.74) is 12.6. The van der Waals surface area contributed by atoms with Crippen molar-refractivity contribution in [3.63, 3.8) is 0 Å². The number of amides is 1. The second-order valence-electron chi connectivity index (χ2n) is 5.85. The molecular weight excluding hydrogens is 286 g/mol. The summed E-state index contributed by atoms with van der Waals surface area (Å²) in [7, 11) is 0. The fourth-order valence-electron chi connectivity index (χ4n) is 3.24. The maximum atomic E-state index is 11.6. The zero-order chi connectivity index (χ0) is 15.4. The Labute approximate surface area is 131 Å². The van der Waals surface area contributed by atoms with E-state index in [1.165, 1.54) is 32.1 Å². The number of nitrogens with one attached hydrogen (secondary N) is 1. The molecule has 0 radical (unpaired) electrons. The van der Waals surface area contributed by atoms with Crippen LogP contribution < -0.4 is 16.8 Å². The van der Waals surface area contributed by atoms with Crippen LogP contribution in [0.1, 0.15) is 55.8 Å². The molecule has 0 aromatic heterocycles. The summed E-state index contributed by atoms with van der Waals surface area (Å²) in [5.74, 6) is 0.114. The number of carbonyl (C=O) groups excluding carboxylic acids is 1. The predicted octanol–water partition coefficient (Wildman–Crippen LogP) is 3.79. The molecule has 1 saturated carbocycles. The minimum absolute atomic E-state index is 0.310. The molecule has 1 atom stereocenters. The number of hydrogen-bond acceptors (Lipinski definition) is 3. The number of anilines is 2. The Morgan fingerprint density at radius 1 is 1.38 bits per heavy atom. The molecule has 4 nitrogen and oxygen atoms in total. The average Bonchev–Trinajstić information content (AvgIpc) is 2.46. The molecule has 116 valence electrons. The van der Waals surface area contributed by atoms with Crippen LogP contribution in [0.15, 0.2) is 12.1 Å². The standard InChI is InChI=1S/C16H24ClN3O/c1-2-14(10-6-4-3-5-7-10)20-15-12(16(19)21)8-11(18)9-13(15)17/h8-10,14,20H,2-7,18H2,1H3,(H2,19,21). The molecule has 1 unspecified atom stereocenters. The molecule has 5 N–H and O–H groups in total. The van der Waals surface area contributed by atoms with E-state index in [9.17, 15) is 4.79 Å². The summed E-state index contributed by atoms with van der Waals surface area (Å²) >= 11 is 6.27. The average molecular weight is 310 g/mol. The van der Waals surface area contributed by atoms with Crippen molar-refractivity contribution in [3.05, 3.63) is 22.7 Å². The molecule has 0 aliphatic heterocycles. The third-order valence-electron chi connectivity index (χ3n) is 4.37. The molecule has 1 aromatic carbocycles. The summed E-state index contributed by atoms with van der Waals surface area (Å²) < 4.78 is 0. The van der Waals surface area contributed by atoms with E-state index in [1.54, 1.807) is 12.1 Å². The summed E-state index contributed by atoms with van der Waals surface area (Å²) in [5, 5.41) is 3.91. The maximum absolute atomic E-state index is 11.6. The molecule has 5 heteroatoms. The molecule has 1 aliphatic rings. The van der Waals surface area contributed by atoms with E-state index < -0.39 is 5.91 Å². The van der Waals surface area contributed by atoms with E-state index in [4.69, 9.17) is 23.1 Å². The van der Waals surface area contributed by atoms with E-state index in [0.29, 0.717) is 33.9 Å². The number of rotatable bonds is 5. The molecule has 0 heterocycles. The Bertz CT molecular complexity index is 512. The van der Waals surface area contributed by atoms with Crippen molar-refractivity contribution in [1.29, 1.82) is 0 Å². The maximum Gasteiger partial charge on any atom is 0.250 e. The fraction of sp³-hybridized carbons (Fsp3) is 0.562. The van der Waals surface area contributed by atoms with Crippen molar-refractivity contribution in [2.24, 2.45) is 11.7 Å². The van der Waals surface area contributed by atoms with Crippen molar-refractivity contribution in [2.75, 3.05) is 11.1 Å². The summed E-state index contributed by atoms with van der Waals surface area (Å²) in [6.07, 6.45) is 7.32. The van der Waals surface area contributed by atoms with E-state index >= 15 is 0 Å². The first-order chi connectivity index (χ1) is 10.0. The highest BCUT2D eigenvalue weighted by molar-refractivity contribution is 6.34. The third-order valence-corrected chi connectivity index (χ3v) is 4.66. The Morgan fingerprint density at radius 2 is 2.05 bits per heavy atom. The van der Waals surface area contributed by atoms with Crippen LogP contribution in [0.5, 0.6) is 0 Å². The van der Waals surface area contributed by atoms with E-state index in [0.717, 1.165) is 6.42 Å². The van der Waals surface area contributed by atoms with E-state index in [-0.39, 0.29) is 0 Å². The van der Waals surface area contributed by atoms with Gasteiger partial charge >= 0.3 is 0 Å². The monoisotopic (exact) mass is 309 g/mol. The van der Waals surface area contributed by atoms with Crippen LogP contribution in [0.3, 0.4) is 0 Å². The molecule has 1 fully saturated rings. The minimum Gasteiger partial charge on any atom is -0.399 e. The highest BCUT2D eigenvalue weighted by Crippen LogP contribution is 2.34. The van der Waals surface area contributed by atoms with Gasteiger partial charge in [-0.3, -0.25) is 4.79 Å². The molecule has 2 rings (SSSR count). The Balaban J connectivity index is 2.26. The largest absolute Gasteiger partial charge is 0.399 e. The number of carbonyl (C=O) groups is 1. The minimum atomic E-state index is -0.509. The van der Waals surface area contributed by atoms with Crippen LogP contribution in [-0.2, 0) is 0 Å². The zero-order valence-electron chi connectivity index (χ0n) is 12.5. The smallest absolute Gasteiger partial charge is 0.250 e. The summed E-state index contributed by atoms with van der Waals surface area (Å²) in [6.45, 7) is 2.15. The Kier molecular flexibility index (Phi) is 5.34. The normalized spacial score (nSPS) is 17.4. The third kappa shape index (κ3) is 3.82. The molecule has 1 aliphatic carbocycles. The molecule has 0 spiro atoms. The Hall–Kier alpha value is -1.42. The van der Waals surface area contributed by atoms with Gasteiger partial charge in [0.25, 0.3) is 5.91 Å². The van der Waals surface area contributed by atoms with Crippen molar-refractivity contribution < 1.29 is 4.79 Å². The van der Waals surface area contributed by atoms with Crippen LogP contribution in [0.4, 0.5) is 11.4 Å². The van der Waals surface area contributed by atoms with Gasteiger partial charge in [-0.1, -0.05) is 37.8 Å². The Morgan fingerprint density at radius 3 is 2.62 bits per heavy atom. The number of nitrogen functional groups attached to an aromatic ring is 1. The summed E-state index contributed by atoms with van der Waals surface area (Å²) in [6, 6.07) is 3.55. The number of benzene rings is 1. The second kappa shape index (κ2) is 7.03. The van der Waals surface area contributed by atoms with Crippen molar-refractivity contribution >= 4 is 28.9 Å². The van der Waals surface area contributed by atoms with Crippen molar-refractivity contribution in [3.8, 4) is 0 Å². The van der Waals surface area contributed by atoms with Crippen LogP contribution in [-0.4, -0.2) is 11.9 Å². The quantitative estimate of drug-likeness (QED) is 0.724. The van der Waals surface area contributed by atoms with E-state index in [1.807, 2.05) is 0 Å². The molecule has 0 saturated heterocycles. The first-order valence-electron chi connectivity index (χ1n) is 7.68. The highest BCUT2D eigenvalue weighted by atomic mass is 35.5.